The minimum atomic E-state index is -3.98. The largest absolute Gasteiger partial charge is 0.409 e. The molecule has 0 saturated carbocycles. The summed E-state index contributed by atoms with van der Waals surface area (Å²) in [4.78, 5) is 23.3. The lowest BCUT2D eigenvalue weighted by Crippen LogP contribution is -2.58. The summed E-state index contributed by atoms with van der Waals surface area (Å²) in [5, 5.41) is 27.8. The first-order valence-corrected chi connectivity index (χ1v) is 14.7. The SMILES string of the molecule is CN1CCc2nc(C(=O)N3CCN(S(=O)(=O)n4cc5ccc(C(N)=NO)cc5c4)CC3Cc3nn[nH]n3)sc2C1. The zero-order valence-electron chi connectivity index (χ0n) is 21.5. The number of thiazole rings is 1. The van der Waals surface area contributed by atoms with Crippen molar-refractivity contribution in [2.24, 2.45) is 10.9 Å². The third-order valence-corrected chi connectivity index (χ3v) is 10.0. The Balaban J connectivity index is 1.27. The van der Waals surface area contributed by atoms with Crippen LogP contribution in [0.2, 0.25) is 0 Å². The molecule has 15 nitrogen and oxygen atoms in total. The number of tetrazole rings is 1. The van der Waals surface area contributed by atoms with Gasteiger partial charge in [-0.2, -0.15) is 17.9 Å². The number of oxime groups is 1. The van der Waals surface area contributed by atoms with E-state index in [2.05, 4.69) is 35.7 Å². The lowest BCUT2D eigenvalue weighted by molar-refractivity contribution is 0.0560. The number of aromatic amines is 1. The van der Waals surface area contributed by atoms with Gasteiger partial charge in [-0.05, 0) is 13.1 Å². The van der Waals surface area contributed by atoms with Crippen LogP contribution in [0.1, 0.15) is 31.8 Å². The summed E-state index contributed by atoms with van der Waals surface area (Å²) in [5.74, 6) is 0.0788. The summed E-state index contributed by atoms with van der Waals surface area (Å²) in [6.45, 7) is 1.97. The van der Waals surface area contributed by atoms with Crippen molar-refractivity contribution < 1.29 is 18.4 Å². The molecular formula is C23H27N11O4S2. The van der Waals surface area contributed by atoms with E-state index >= 15 is 0 Å². The first-order chi connectivity index (χ1) is 19.2. The van der Waals surface area contributed by atoms with Crippen molar-refractivity contribution >= 4 is 44.1 Å². The van der Waals surface area contributed by atoms with Crippen molar-refractivity contribution in [1.29, 1.82) is 0 Å². The molecule has 4 N–H and O–H groups in total. The van der Waals surface area contributed by atoms with E-state index in [-0.39, 0.29) is 37.8 Å². The zero-order valence-corrected chi connectivity index (χ0v) is 23.1. The van der Waals surface area contributed by atoms with Crippen LogP contribution in [0.5, 0.6) is 0 Å². The average molecular weight is 586 g/mol. The van der Waals surface area contributed by atoms with Gasteiger partial charge in [0.1, 0.15) is 0 Å². The molecule has 0 spiro atoms. The third kappa shape index (κ3) is 4.80. The van der Waals surface area contributed by atoms with E-state index in [1.807, 2.05) is 7.05 Å². The van der Waals surface area contributed by atoms with Gasteiger partial charge in [0.05, 0.1) is 11.7 Å². The van der Waals surface area contributed by atoms with Crippen LogP contribution in [0, 0.1) is 0 Å². The maximum absolute atomic E-state index is 13.7. The summed E-state index contributed by atoms with van der Waals surface area (Å²) >= 11 is 1.40. The molecule has 6 rings (SSSR count). The summed E-state index contributed by atoms with van der Waals surface area (Å²) in [5.41, 5.74) is 7.11. The highest BCUT2D eigenvalue weighted by Gasteiger charge is 2.38. The molecule has 4 aromatic rings. The molecule has 1 saturated heterocycles. The van der Waals surface area contributed by atoms with Gasteiger partial charge >= 0.3 is 10.2 Å². The number of hydrogen-bond acceptors (Lipinski definition) is 11. The molecule has 40 heavy (non-hydrogen) atoms. The lowest BCUT2D eigenvalue weighted by atomic mass is 10.1. The van der Waals surface area contributed by atoms with E-state index in [1.165, 1.54) is 28.0 Å². The molecule has 1 aromatic carbocycles. The number of nitrogens with one attached hydrogen (secondary N) is 1. The summed E-state index contributed by atoms with van der Waals surface area (Å²) < 4.78 is 30.0. The average Bonchev–Trinajstić information content (AvgIpc) is 3.71. The van der Waals surface area contributed by atoms with Crippen molar-refractivity contribution in [3.63, 3.8) is 0 Å². The van der Waals surface area contributed by atoms with Gasteiger partial charge in [0.2, 0.25) is 0 Å². The van der Waals surface area contributed by atoms with E-state index in [9.17, 15) is 13.2 Å². The predicted octanol–water partition coefficient (Wildman–Crippen LogP) is -0.144. The Labute approximate surface area is 233 Å². The van der Waals surface area contributed by atoms with Crippen LogP contribution in [0.25, 0.3) is 10.8 Å². The van der Waals surface area contributed by atoms with Crippen molar-refractivity contribution in [1.82, 2.24) is 43.7 Å². The number of nitrogens with two attached hydrogens (primary N) is 1. The number of hydrogen-bond donors (Lipinski definition) is 3. The van der Waals surface area contributed by atoms with Gasteiger partial charge < -0.3 is 20.7 Å². The molecule has 5 heterocycles. The van der Waals surface area contributed by atoms with Crippen LogP contribution < -0.4 is 5.73 Å². The molecule has 0 bridgehead atoms. The van der Waals surface area contributed by atoms with Gasteiger partial charge in [-0.15, -0.1) is 21.5 Å². The summed E-state index contributed by atoms with van der Waals surface area (Å²) in [7, 11) is -1.94. The minimum absolute atomic E-state index is 0.0420. The third-order valence-electron chi connectivity index (χ3n) is 7.23. The van der Waals surface area contributed by atoms with Gasteiger partial charge in [0.25, 0.3) is 5.91 Å². The van der Waals surface area contributed by atoms with E-state index in [0.717, 1.165) is 34.1 Å². The second kappa shape index (κ2) is 10.2. The molecule has 17 heteroatoms. The van der Waals surface area contributed by atoms with Gasteiger partial charge in [-0.1, -0.05) is 22.5 Å². The second-order valence-electron chi connectivity index (χ2n) is 9.84. The Kier molecular flexibility index (Phi) is 6.73. The van der Waals surface area contributed by atoms with Crippen LogP contribution in [0.3, 0.4) is 0 Å². The van der Waals surface area contributed by atoms with Crippen LogP contribution in [-0.4, -0.2) is 108 Å². The van der Waals surface area contributed by atoms with Gasteiger partial charge in [-0.25, -0.2) is 8.96 Å². The van der Waals surface area contributed by atoms with E-state index in [4.69, 9.17) is 10.9 Å². The van der Waals surface area contributed by atoms with Gasteiger partial charge in [0.15, 0.2) is 16.7 Å². The zero-order chi connectivity index (χ0) is 28.0. The Morgan fingerprint density at radius 1 is 1.25 bits per heavy atom. The number of aromatic nitrogens is 6. The first-order valence-electron chi connectivity index (χ1n) is 12.5. The Hall–Kier alpha value is -3.93. The second-order valence-corrected chi connectivity index (χ2v) is 12.8. The number of H-pyrrole nitrogens is 1. The number of rotatable bonds is 6. The van der Waals surface area contributed by atoms with Gasteiger partial charge in [-0.3, -0.25) is 4.79 Å². The fraction of sp³-hybridized carbons (Fsp3) is 0.391. The predicted molar refractivity (Wildman–Crippen MR) is 145 cm³/mol. The van der Waals surface area contributed by atoms with Crippen LogP contribution >= 0.6 is 11.3 Å². The lowest BCUT2D eigenvalue weighted by Gasteiger charge is -2.40. The molecule has 0 aliphatic carbocycles. The number of benzene rings is 1. The highest BCUT2D eigenvalue weighted by molar-refractivity contribution is 7.87. The highest BCUT2D eigenvalue weighted by Crippen LogP contribution is 2.28. The number of fused-ring (bicyclic) bond motifs is 2. The topological polar surface area (TPSA) is 192 Å². The van der Waals surface area contributed by atoms with Crippen molar-refractivity contribution in [3.8, 4) is 0 Å². The Morgan fingerprint density at radius 3 is 2.85 bits per heavy atom. The summed E-state index contributed by atoms with van der Waals surface area (Å²) in [6, 6.07) is 4.47. The first kappa shape index (κ1) is 26.3. The van der Waals surface area contributed by atoms with E-state index in [0.29, 0.717) is 27.2 Å². The van der Waals surface area contributed by atoms with Crippen LogP contribution in [0.15, 0.2) is 35.7 Å². The quantitative estimate of drug-likeness (QED) is 0.119. The minimum Gasteiger partial charge on any atom is -0.409 e. The molecule has 2 aliphatic heterocycles. The highest BCUT2D eigenvalue weighted by atomic mass is 32.2. The number of nitrogens with zero attached hydrogens (tertiary/aromatic N) is 9. The number of likely N-dealkylation sites (N-methyl/N-ethyl adjacent to an activating group) is 1. The molecular weight excluding hydrogens is 558 g/mol. The number of carbonyl (C=O) groups is 1. The number of piperazine rings is 1. The maximum Gasteiger partial charge on any atom is 0.307 e. The number of amides is 1. The monoisotopic (exact) mass is 585 g/mol. The van der Waals surface area contributed by atoms with Gasteiger partial charge in [0, 0.05) is 79.2 Å². The molecule has 3 aromatic heterocycles. The van der Waals surface area contributed by atoms with E-state index in [1.54, 1.807) is 23.1 Å². The molecule has 210 valence electrons. The fourth-order valence-electron chi connectivity index (χ4n) is 5.09. The molecule has 2 aliphatic rings. The standard InChI is InChI=1S/C23H27N11O4S2/c1-31-5-4-18-19(13-31)39-22(25-18)23(35)34-7-6-32(12-17(34)9-20-26-29-30-27-20)40(37,38)33-10-15-3-2-14(21(24)28-36)8-16(15)11-33/h2-3,8,10-11,17,36H,4-7,9,12-13H2,1H3,(H2,24,28)(H,26,27,29,30). The fourth-order valence-corrected chi connectivity index (χ4v) is 7.67. The number of amidine groups is 1. The van der Waals surface area contributed by atoms with Crippen LogP contribution in [-0.2, 0) is 29.6 Å². The van der Waals surface area contributed by atoms with Crippen molar-refractivity contribution in [2.45, 2.75) is 25.4 Å². The normalized spacial score (nSPS) is 19.3. The van der Waals surface area contributed by atoms with Crippen molar-refractivity contribution in [3.05, 3.63) is 57.6 Å². The van der Waals surface area contributed by atoms with Crippen molar-refractivity contribution in [2.75, 3.05) is 33.2 Å². The smallest absolute Gasteiger partial charge is 0.307 e. The maximum atomic E-state index is 13.7. The molecule has 0 radical (unpaired) electrons. The molecule has 1 fully saturated rings. The molecule has 1 unspecified atom stereocenters. The molecule has 1 amide bonds. The van der Waals surface area contributed by atoms with E-state index < -0.39 is 16.3 Å². The molecule has 1 atom stereocenters. The summed E-state index contributed by atoms with van der Waals surface area (Å²) in [6.07, 6.45) is 4.02. The number of carbonyl (C=O) groups excluding carboxylic acids is 1. The van der Waals surface area contributed by atoms with Crippen LogP contribution in [0.4, 0.5) is 0 Å². The Bertz CT molecular complexity index is 1700. The Morgan fingerprint density at radius 2 is 2.08 bits per heavy atom.